The lowest BCUT2D eigenvalue weighted by atomic mass is 9.95. The van der Waals surface area contributed by atoms with Gasteiger partial charge in [0.15, 0.2) is 11.5 Å². The molecule has 1 aliphatic heterocycles. The SMILES string of the molecule is Cn1c(COc2ccc3c(c2)OCO3)nc2cc(NC(=O)C(C)(C)C)ccc21. The zero-order chi connectivity index (χ0) is 19.9. The number of hydrogen-bond donors (Lipinski definition) is 1. The molecule has 1 amide bonds. The molecule has 146 valence electrons. The fourth-order valence-corrected chi connectivity index (χ4v) is 2.89. The number of carbonyl (C=O) groups excluding carboxylic acids is 1. The summed E-state index contributed by atoms with van der Waals surface area (Å²) in [6.07, 6.45) is 0. The molecule has 0 saturated heterocycles. The van der Waals surface area contributed by atoms with Gasteiger partial charge < -0.3 is 24.1 Å². The van der Waals surface area contributed by atoms with Crippen LogP contribution >= 0.6 is 0 Å². The summed E-state index contributed by atoms with van der Waals surface area (Å²) in [6, 6.07) is 11.2. The van der Waals surface area contributed by atoms with Gasteiger partial charge >= 0.3 is 0 Å². The molecule has 0 bridgehead atoms. The first kappa shape index (κ1) is 18.2. The van der Waals surface area contributed by atoms with Crippen LogP contribution in [0.3, 0.4) is 0 Å². The normalized spacial score (nSPS) is 13.0. The molecule has 0 spiro atoms. The van der Waals surface area contributed by atoms with Crippen LogP contribution in [0, 0.1) is 5.41 Å². The fraction of sp³-hybridized carbons (Fsp3) is 0.333. The number of carbonyl (C=O) groups is 1. The Morgan fingerprint density at radius 3 is 2.75 bits per heavy atom. The first-order valence-electron chi connectivity index (χ1n) is 9.10. The van der Waals surface area contributed by atoms with E-state index >= 15 is 0 Å². The molecule has 0 fully saturated rings. The number of ether oxygens (including phenoxy) is 3. The molecule has 2 heterocycles. The van der Waals surface area contributed by atoms with Crippen molar-refractivity contribution in [2.75, 3.05) is 12.1 Å². The Balaban J connectivity index is 1.51. The van der Waals surface area contributed by atoms with Crippen molar-refractivity contribution in [1.29, 1.82) is 0 Å². The smallest absolute Gasteiger partial charge is 0.231 e. The minimum Gasteiger partial charge on any atom is -0.486 e. The quantitative estimate of drug-likeness (QED) is 0.743. The molecule has 0 unspecified atom stereocenters. The highest BCUT2D eigenvalue weighted by atomic mass is 16.7. The van der Waals surface area contributed by atoms with E-state index in [0.717, 1.165) is 28.3 Å². The highest BCUT2D eigenvalue weighted by molar-refractivity contribution is 5.96. The van der Waals surface area contributed by atoms with Gasteiger partial charge in [0.25, 0.3) is 0 Å². The number of aromatic nitrogens is 2. The molecule has 0 radical (unpaired) electrons. The Labute approximate surface area is 163 Å². The number of aryl methyl sites for hydroxylation is 1. The number of rotatable bonds is 4. The van der Waals surface area contributed by atoms with Crippen LogP contribution in [0.15, 0.2) is 36.4 Å². The summed E-state index contributed by atoms with van der Waals surface area (Å²) < 4.78 is 18.5. The summed E-state index contributed by atoms with van der Waals surface area (Å²) in [5.74, 6) is 2.84. The monoisotopic (exact) mass is 381 g/mol. The molecule has 0 saturated carbocycles. The first-order chi connectivity index (χ1) is 13.3. The van der Waals surface area contributed by atoms with Gasteiger partial charge in [-0.1, -0.05) is 20.8 Å². The number of amides is 1. The maximum atomic E-state index is 12.2. The lowest BCUT2D eigenvalue weighted by Crippen LogP contribution is -2.27. The Kier molecular flexibility index (Phi) is 4.37. The molecule has 28 heavy (non-hydrogen) atoms. The number of fused-ring (bicyclic) bond motifs is 2. The first-order valence-corrected chi connectivity index (χ1v) is 9.10. The van der Waals surface area contributed by atoms with Crippen LogP contribution in [0.2, 0.25) is 0 Å². The molecule has 2 aromatic carbocycles. The molecule has 4 rings (SSSR count). The van der Waals surface area contributed by atoms with Gasteiger partial charge in [0.05, 0.1) is 11.0 Å². The van der Waals surface area contributed by atoms with E-state index in [1.807, 2.05) is 68.8 Å². The Bertz CT molecular complexity index is 1050. The Morgan fingerprint density at radius 1 is 1.18 bits per heavy atom. The molecule has 3 aromatic rings. The molecule has 1 aliphatic rings. The number of hydrogen-bond acceptors (Lipinski definition) is 5. The van der Waals surface area contributed by atoms with Gasteiger partial charge in [0.2, 0.25) is 12.7 Å². The zero-order valence-corrected chi connectivity index (χ0v) is 16.4. The van der Waals surface area contributed by atoms with Crippen LogP contribution in [-0.2, 0) is 18.4 Å². The summed E-state index contributed by atoms with van der Waals surface area (Å²) in [5, 5.41) is 2.94. The average Bonchev–Trinajstić information content (AvgIpc) is 3.23. The van der Waals surface area contributed by atoms with Gasteiger partial charge in [-0.2, -0.15) is 0 Å². The third kappa shape index (κ3) is 3.47. The zero-order valence-electron chi connectivity index (χ0n) is 16.4. The van der Waals surface area contributed by atoms with E-state index in [4.69, 9.17) is 14.2 Å². The van der Waals surface area contributed by atoms with Crippen molar-refractivity contribution in [2.45, 2.75) is 27.4 Å². The van der Waals surface area contributed by atoms with E-state index < -0.39 is 5.41 Å². The number of imidazole rings is 1. The lowest BCUT2D eigenvalue weighted by molar-refractivity contribution is -0.123. The van der Waals surface area contributed by atoms with Crippen molar-refractivity contribution in [1.82, 2.24) is 9.55 Å². The highest BCUT2D eigenvalue weighted by Crippen LogP contribution is 2.35. The van der Waals surface area contributed by atoms with Crippen molar-refractivity contribution in [3.8, 4) is 17.2 Å². The van der Waals surface area contributed by atoms with E-state index in [1.54, 1.807) is 0 Å². The average molecular weight is 381 g/mol. The predicted octanol–water partition coefficient (Wildman–Crippen LogP) is 3.87. The minimum atomic E-state index is -0.456. The van der Waals surface area contributed by atoms with Gasteiger partial charge in [-0.3, -0.25) is 4.79 Å². The number of anilines is 1. The van der Waals surface area contributed by atoms with Crippen LogP contribution < -0.4 is 19.5 Å². The molecular weight excluding hydrogens is 358 g/mol. The predicted molar refractivity (Wildman–Crippen MR) is 106 cm³/mol. The highest BCUT2D eigenvalue weighted by Gasteiger charge is 2.21. The number of benzene rings is 2. The van der Waals surface area contributed by atoms with E-state index in [2.05, 4.69) is 10.3 Å². The van der Waals surface area contributed by atoms with E-state index in [0.29, 0.717) is 18.1 Å². The largest absolute Gasteiger partial charge is 0.486 e. The van der Waals surface area contributed by atoms with Gasteiger partial charge in [-0.05, 0) is 30.3 Å². The Morgan fingerprint density at radius 2 is 1.96 bits per heavy atom. The second-order valence-electron chi connectivity index (χ2n) is 7.80. The van der Waals surface area contributed by atoms with E-state index in [1.165, 1.54) is 0 Å². The van der Waals surface area contributed by atoms with Gasteiger partial charge in [-0.25, -0.2) is 4.98 Å². The molecule has 7 heteroatoms. The maximum Gasteiger partial charge on any atom is 0.231 e. The second-order valence-corrected chi connectivity index (χ2v) is 7.80. The van der Waals surface area contributed by atoms with Crippen molar-refractivity contribution >= 4 is 22.6 Å². The number of nitrogens with one attached hydrogen (secondary N) is 1. The van der Waals surface area contributed by atoms with Gasteiger partial charge in [0.1, 0.15) is 18.2 Å². The van der Waals surface area contributed by atoms with E-state index in [9.17, 15) is 4.79 Å². The molecule has 7 nitrogen and oxygen atoms in total. The summed E-state index contributed by atoms with van der Waals surface area (Å²) in [5.41, 5.74) is 2.05. The molecular formula is C21H23N3O4. The van der Waals surface area contributed by atoms with Crippen molar-refractivity contribution in [3.05, 3.63) is 42.2 Å². The molecule has 0 aliphatic carbocycles. The topological polar surface area (TPSA) is 74.6 Å². The molecule has 1 N–H and O–H groups in total. The van der Waals surface area contributed by atoms with Crippen molar-refractivity contribution < 1.29 is 19.0 Å². The van der Waals surface area contributed by atoms with Crippen LogP contribution in [-0.4, -0.2) is 22.3 Å². The summed E-state index contributed by atoms with van der Waals surface area (Å²) >= 11 is 0. The Hall–Kier alpha value is -3.22. The van der Waals surface area contributed by atoms with E-state index in [-0.39, 0.29) is 12.7 Å². The standard InChI is InChI=1S/C21H23N3O4/c1-21(2,3)20(25)22-13-5-7-16-15(9-13)23-19(24(16)4)11-26-14-6-8-17-18(10-14)28-12-27-17/h5-10H,11-12H2,1-4H3,(H,22,25). The maximum absolute atomic E-state index is 12.2. The van der Waals surface area contributed by atoms with Crippen molar-refractivity contribution in [2.24, 2.45) is 12.5 Å². The third-order valence-corrected chi connectivity index (χ3v) is 4.62. The van der Waals surface area contributed by atoms with Crippen molar-refractivity contribution in [3.63, 3.8) is 0 Å². The minimum absolute atomic E-state index is 0.0332. The number of nitrogens with zero attached hydrogens (tertiary/aromatic N) is 2. The second kappa shape index (κ2) is 6.74. The lowest BCUT2D eigenvalue weighted by Gasteiger charge is -2.17. The van der Waals surface area contributed by atoms with Crippen LogP contribution in [0.1, 0.15) is 26.6 Å². The molecule has 0 atom stereocenters. The van der Waals surface area contributed by atoms with Crippen LogP contribution in [0.25, 0.3) is 11.0 Å². The van der Waals surface area contributed by atoms with Crippen LogP contribution in [0.4, 0.5) is 5.69 Å². The van der Waals surface area contributed by atoms with Gasteiger partial charge in [-0.15, -0.1) is 0 Å². The summed E-state index contributed by atoms with van der Waals surface area (Å²) in [4.78, 5) is 16.9. The van der Waals surface area contributed by atoms with Gasteiger partial charge in [0, 0.05) is 24.2 Å². The fourth-order valence-electron chi connectivity index (χ4n) is 2.89. The molecule has 1 aromatic heterocycles. The third-order valence-electron chi connectivity index (χ3n) is 4.62. The summed E-state index contributed by atoms with van der Waals surface area (Å²) in [7, 11) is 1.95. The van der Waals surface area contributed by atoms with Crippen LogP contribution in [0.5, 0.6) is 17.2 Å². The summed E-state index contributed by atoms with van der Waals surface area (Å²) in [6.45, 7) is 6.19.